The highest BCUT2D eigenvalue weighted by atomic mass is 16.8. The van der Waals surface area contributed by atoms with Crippen LogP contribution in [-0.4, -0.2) is 63.8 Å². The van der Waals surface area contributed by atoms with Gasteiger partial charge in [-0.25, -0.2) is 0 Å². The monoisotopic (exact) mass is 506 g/mol. The highest BCUT2D eigenvalue weighted by Crippen LogP contribution is 2.54. The number of benzene rings is 1. The van der Waals surface area contributed by atoms with E-state index >= 15 is 0 Å². The maximum Gasteiger partial charge on any atom is 0.311 e. The first-order chi connectivity index (χ1) is 17.0. The third kappa shape index (κ3) is 6.19. The van der Waals surface area contributed by atoms with Gasteiger partial charge in [-0.1, -0.05) is 32.4 Å². The van der Waals surface area contributed by atoms with Crippen LogP contribution in [0, 0.1) is 5.41 Å². The van der Waals surface area contributed by atoms with Gasteiger partial charge in [0.1, 0.15) is 18.0 Å². The van der Waals surface area contributed by atoms with Crippen molar-refractivity contribution in [2.75, 3.05) is 6.61 Å². The number of ether oxygens (including phenoxy) is 4. The molecule has 1 aromatic carbocycles. The van der Waals surface area contributed by atoms with E-state index in [-0.39, 0.29) is 31.1 Å². The number of unbranched alkanes of at least 4 members (excludes halogenated alkanes) is 1. The van der Waals surface area contributed by atoms with Gasteiger partial charge in [0, 0.05) is 24.7 Å². The van der Waals surface area contributed by atoms with Crippen molar-refractivity contribution < 1.29 is 43.9 Å². The molecular weight excluding hydrogens is 468 g/mol. The maximum absolute atomic E-state index is 12.6. The van der Waals surface area contributed by atoms with Crippen molar-refractivity contribution >= 4 is 11.9 Å². The summed E-state index contributed by atoms with van der Waals surface area (Å²) in [6.07, 6.45) is 2.25. The second-order valence-electron chi connectivity index (χ2n) is 11.1. The summed E-state index contributed by atoms with van der Waals surface area (Å²) in [7, 11) is 0. The second kappa shape index (κ2) is 10.7. The molecule has 3 aliphatic heterocycles. The molecular formula is C27H38O9. The molecule has 0 saturated carbocycles. The van der Waals surface area contributed by atoms with Crippen molar-refractivity contribution in [1.82, 2.24) is 0 Å². The van der Waals surface area contributed by atoms with Gasteiger partial charge >= 0.3 is 11.9 Å². The lowest BCUT2D eigenvalue weighted by Crippen LogP contribution is -2.64. The number of fused-ring (bicyclic) bond motifs is 2. The lowest BCUT2D eigenvalue weighted by atomic mass is 9.71. The van der Waals surface area contributed by atoms with Crippen LogP contribution in [0.4, 0.5) is 0 Å². The van der Waals surface area contributed by atoms with Gasteiger partial charge in [0.15, 0.2) is 11.6 Å². The maximum atomic E-state index is 12.6. The lowest BCUT2D eigenvalue weighted by molar-refractivity contribution is -0.431. The van der Waals surface area contributed by atoms with Gasteiger partial charge in [0.05, 0.1) is 25.6 Å². The van der Waals surface area contributed by atoms with Crippen molar-refractivity contribution in [1.29, 1.82) is 0 Å². The standard InChI is InChI=1S/C27H38O9/c1-25(2)10-11-26(32)16-24(31)34-22(17-28)14-23(30)33-21-13-20(35-27(25,15-21)36-26)9-4-3-6-18-7-5-8-19(29)12-18/h5,7-8,12,20-22,28-29,32H,3-4,6,9-11,13-17H2,1-2H3/t20-,21-,22-,26-,27+/m1/s1. The summed E-state index contributed by atoms with van der Waals surface area (Å²) >= 11 is 0. The Balaban J connectivity index is 1.51. The fraction of sp³-hybridized carbons (Fsp3) is 0.704. The number of aryl methyl sites for hydroxylation is 1. The Labute approximate surface area is 211 Å². The van der Waals surface area contributed by atoms with Gasteiger partial charge in [0.25, 0.3) is 0 Å². The number of carbonyl (C=O) groups is 2. The number of cyclic esters (lactones) is 1. The molecule has 3 N–H and O–H groups in total. The number of aliphatic hydroxyl groups excluding tert-OH is 1. The highest BCUT2D eigenvalue weighted by molar-refractivity contribution is 5.73. The zero-order valence-corrected chi connectivity index (χ0v) is 21.1. The average molecular weight is 507 g/mol. The SMILES string of the molecule is CC1(C)CC[C@]2(O)CC(=O)O[C@@H](CO)CC(=O)O[C@@H]3C[C@@H](CCCCc4cccc(O)c4)O[C@@]1(C3)O2. The predicted octanol–water partition coefficient (Wildman–Crippen LogP) is 3.12. The smallest absolute Gasteiger partial charge is 0.311 e. The number of hydrogen-bond donors (Lipinski definition) is 3. The molecule has 3 bridgehead atoms. The van der Waals surface area contributed by atoms with E-state index in [0.717, 1.165) is 24.8 Å². The van der Waals surface area contributed by atoms with Gasteiger partial charge in [-0.3, -0.25) is 9.59 Å². The third-order valence-electron chi connectivity index (χ3n) is 7.67. The Morgan fingerprint density at radius 3 is 2.61 bits per heavy atom. The quantitative estimate of drug-likeness (QED) is 0.393. The predicted molar refractivity (Wildman–Crippen MR) is 128 cm³/mol. The summed E-state index contributed by atoms with van der Waals surface area (Å²) in [6, 6.07) is 7.22. The van der Waals surface area contributed by atoms with Crippen molar-refractivity contribution in [3.63, 3.8) is 0 Å². The molecule has 200 valence electrons. The zero-order chi connectivity index (χ0) is 26.0. The summed E-state index contributed by atoms with van der Waals surface area (Å²) in [4.78, 5) is 25.2. The van der Waals surface area contributed by atoms with Crippen molar-refractivity contribution in [3.8, 4) is 5.75 Å². The van der Waals surface area contributed by atoms with Crippen LogP contribution in [0.1, 0.15) is 77.2 Å². The number of rotatable bonds is 6. The minimum absolute atomic E-state index is 0.225. The summed E-state index contributed by atoms with van der Waals surface area (Å²) in [6.45, 7) is 3.48. The van der Waals surface area contributed by atoms with Crippen LogP contribution < -0.4 is 0 Å². The summed E-state index contributed by atoms with van der Waals surface area (Å²) in [5, 5.41) is 30.5. The molecule has 9 heteroatoms. The van der Waals surface area contributed by atoms with Gasteiger partial charge in [-0.05, 0) is 43.4 Å². The average Bonchev–Trinajstić information content (AvgIpc) is 2.78. The first kappa shape index (κ1) is 26.9. The van der Waals surface area contributed by atoms with E-state index in [1.54, 1.807) is 12.1 Å². The molecule has 5 atom stereocenters. The number of hydrogen-bond acceptors (Lipinski definition) is 9. The molecule has 36 heavy (non-hydrogen) atoms. The Morgan fingerprint density at radius 2 is 1.86 bits per heavy atom. The molecule has 3 aliphatic rings. The minimum Gasteiger partial charge on any atom is -0.508 e. The number of esters is 2. The number of aliphatic hydroxyl groups is 2. The van der Waals surface area contributed by atoms with E-state index < -0.39 is 54.2 Å². The summed E-state index contributed by atoms with van der Waals surface area (Å²) < 4.78 is 23.8. The summed E-state index contributed by atoms with van der Waals surface area (Å²) in [5.74, 6) is -4.09. The van der Waals surface area contributed by atoms with Crippen LogP contribution in [-0.2, 0) is 35.0 Å². The Morgan fingerprint density at radius 1 is 1.06 bits per heavy atom. The van der Waals surface area contributed by atoms with Crippen molar-refractivity contribution in [3.05, 3.63) is 29.8 Å². The zero-order valence-electron chi connectivity index (χ0n) is 21.1. The lowest BCUT2D eigenvalue weighted by Gasteiger charge is -2.58. The first-order valence-corrected chi connectivity index (χ1v) is 12.9. The van der Waals surface area contributed by atoms with Crippen LogP contribution in [0.3, 0.4) is 0 Å². The van der Waals surface area contributed by atoms with Crippen LogP contribution in [0.2, 0.25) is 0 Å². The molecule has 9 nitrogen and oxygen atoms in total. The molecule has 3 fully saturated rings. The molecule has 0 aromatic heterocycles. The highest BCUT2D eigenvalue weighted by Gasteiger charge is 2.60. The van der Waals surface area contributed by atoms with E-state index in [1.165, 1.54) is 0 Å². The van der Waals surface area contributed by atoms with Crippen LogP contribution in [0.5, 0.6) is 5.75 Å². The Hall–Kier alpha value is -2.20. The van der Waals surface area contributed by atoms with E-state index in [0.29, 0.717) is 19.3 Å². The van der Waals surface area contributed by atoms with Crippen LogP contribution in [0.25, 0.3) is 0 Å². The summed E-state index contributed by atoms with van der Waals surface area (Å²) in [5.41, 5.74) is 0.552. The number of aromatic hydroxyl groups is 1. The first-order valence-electron chi connectivity index (χ1n) is 12.9. The second-order valence-corrected chi connectivity index (χ2v) is 11.1. The molecule has 0 aliphatic carbocycles. The van der Waals surface area contributed by atoms with Crippen molar-refractivity contribution in [2.45, 2.75) is 108 Å². The van der Waals surface area contributed by atoms with Crippen LogP contribution >= 0.6 is 0 Å². The number of carbonyl (C=O) groups excluding carboxylic acids is 2. The van der Waals surface area contributed by atoms with E-state index in [4.69, 9.17) is 18.9 Å². The van der Waals surface area contributed by atoms with Crippen molar-refractivity contribution in [2.24, 2.45) is 5.41 Å². The van der Waals surface area contributed by atoms with Gasteiger partial charge in [-0.15, -0.1) is 0 Å². The van der Waals surface area contributed by atoms with Gasteiger partial charge < -0.3 is 34.3 Å². The van der Waals surface area contributed by atoms with E-state index in [1.807, 2.05) is 26.0 Å². The van der Waals surface area contributed by atoms with Gasteiger partial charge in [0.2, 0.25) is 0 Å². The molecule has 3 saturated heterocycles. The minimum atomic E-state index is -1.78. The van der Waals surface area contributed by atoms with E-state index in [9.17, 15) is 24.9 Å². The molecule has 4 rings (SSSR count). The largest absolute Gasteiger partial charge is 0.508 e. The van der Waals surface area contributed by atoms with Crippen LogP contribution in [0.15, 0.2) is 24.3 Å². The van der Waals surface area contributed by atoms with Gasteiger partial charge in [-0.2, -0.15) is 0 Å². The Kier molecular flexibility index (Phi) is 7.95. The number of phenols is 1. The van der Waals surface area contributed by atoms with E-state index in [2.05, 4.69) is 0 Å². The normalized spacial score (nSPS) is 34.6. The molecule has 0 unspecified atom stereocenters. The fourth-order valence-electron chi connectivity index (χ4n) is 5.56. The molecule has 0 radical (unpaired) electrons. The molecule has 3 heterocycles. The fourth-order valence-corrected chi connectivity index (χ4v) is 5.56. The Bertz CT molecular complexity index is 947. The molecule has 0 amide bonds. The number of phenolic OH excluding ortho intramolecular Hbond substituents is 1. The molecule has 1 aromatic rings. The topological polar surface area (TPSA) is 132 Å². The third-order valence-corrected chi connectivity index (χ3v) is 7.67. The molecule has 1 spiro atoms.